The first-order valence-electron chi connectivity index (χ1n) is 5.13. The van der Waals surface area contributed by atoms with Crippen LogP contribution in [0.4, 0.5) is 4.39 Å². The molecule has 0 amide bonds. The molecule has 3 heteroatoms. The van der Waals surface area contributed by atoms with Gasteiger partial charge in [-0.05, 0) is 29.7 Å². The summed E-state index contributed by atoms with van der Waals surface area (Å²) < 4.78 is 18.5. The lowest BCUT2D eigenvalue weighted by molar-refractivity contribution is 0.286. The Hall–Kier alpha value is -0.570. The maximum atomic E-state index is 11.9. The third-order valence-corrected chi connectivity index (χ3v) is 2.62. The number of hydrogen-bond donors (Lipinski definition) is 0. The lowest BCUT2D eigenvalue weighted by Gasteiger charge is -2.14. The van der Waals surface area contributed by atoms with Crippen LogP contribution in [0.15, 0.2) is 22.7 Å². The van der Waals surface area contributed by atoms with Gasteiger partial charge in [-0.25, -0.2) is 0 Å². The van der Waals surface area contributed by atoms with Gasteiger partial charge in [0, 0.05) is 10.9 Å². The largest absolute Gasteiger partial charge is 0.493 e. The Morgan fingerprint density at radius 1 is 1.40 bits per heavy atom. The molecule has 0 N–H and O–H groups in total. The van der Waals surface area contributed by atoms with Crippen molar-refractivity contribution in [3.8, 4) is 5.75 Å². The van der Waals surface area contributed by atoms with Crippen molar-refractivity contribution in [2.24, 2.45) is 0 Å². The molecule has 0 aromatic heterocycles. The van der Waals surface area contributed by atoms with Crippen LogP contribution in [0.2, 0.25) is 0 Å². The molecule has 0 atom stereocenters. The van der Waals surface area contributed by atoms with Crippen LogP contribution in [0.1, 0.15) is 31.7 Å². The quantitative estimate of drug-likeness (QED) is 0.727. The van der Waals surface area contributed by atoms with Crippen LogP contribution in [0.3, 0.4) is 0 Å². The summed E-state index contributed by atoms with van der Waals surface area (Å²) in [5, 5.41) is 0. The summed E-state index contributed by atoms with van der Waals surface area (Å²) in [5.74, 6) is 1.27. The molecule has 1 rings (SSSR count). The van der Waals surface area contributed by atoms with E-state index in [4.69, 9.17) is 4.74 Å². The van der Waals surface area contributed by atoms with Crippen molar-refractivity contribution in [2.45, 2.75) is 26.2 Å². The van der Waals surface area contributed by atoms with E-state index in [2.05, 4.69) is 35.8 Å². The molecule has 1 aromatic rings. The fourth-order valence-electron chi connectivity index (χ4n) is 1.34. The van der Waals surface area contributed by atoms with E-state index in [1.807, 2.05) is 12.1 Å². The van der Waals surface area contributed by atoms with Crippen molar-refractivity contribution in [1.29, 1.82) is 0 Å². The van der Waals surface area contributed by atoms with Crippen molar-refractivity contribution in [3.05, 3.63) is 28.2 Å². The molecule has 0 aliphatic heterocycles. The second kappa shape index (κ2) is 6.11. The molecule has 0 fully saturated rings. The molecule has 0 bridgehead atoms. The number of rotatable bonds is 5. The highest BCUT2D eigenvalue weighted by molar-refractivity contribution is 9.10. The van der Waals surface area contributed by atoms with E-state index in [9.17, 15) is 4.39 Å². The highest BCUT2D eigenvalue weighted by Crippen LogP contribution is 2.29. The van der Waals surface area contributed by atoms with Gasteiger partial charge >= 0.3 is 0 Å². The Balaban J connectivity index is 2.77. The number of benzene rings is 1. The van der Waals surface area contributed by atoms with Gasteiger partial charge in [0.1, 0.15) is 5.75 Å². The predicted molar refractivity (Wildman–Crippen MR) is 64.3 cm³/mol. The summed E-state index contributed by atoms with van der Waals surface area (Å²) in [6, 6.07) is 5.92. The number of hydrogen-bond acceptors (Lipinski definition) is 1. The number of halogens is 2. The van der Waals surface area contributed by atoms with Gasteiger partial charge in [-0.2, -0.15) is 0 Å². The van der Waals surface area contributed by atoms with Gasteiger partial charge in [-0.15, -0.1) is 0 Å². The fourth-order valence-corrected chi connectivity index (χ4v) is 1.72. The Labute approximate surface area is 98.8 Å². The fraction of sp³-hybridized carbons (Fsp3) is 0.500. The van der Waals surface area contributed by atoms with Crippen LogP contribution in [0, 0.1) is 0 Å². The Morgan fingerprint density at radius 2 is 2.13 bits per heavy atom. The molecule has 0 saturated carbocycles. The molecular weight excluding hydrogens is 259 g/mol. The van der Waals surface area contributed by atoms with Gasteiger partial charge in [-0.3, -0.25) is 4.39 Å². The molecule has 1 aromatic carbocycles. The first kappa shape index (κ1) is 12.5. The summed E-state index contributed by atoms with van der Waals surface area (Å²) in [5.41, 5.74) is 1.16. The molecular formula is C12H16BrFO. The molecule has 0 saturated heterocycles. The number of ether oxygens (including phenoxy) is 1. The highest BCUT2D eigenvalue weighted by atomic mass is 79.9. The minimum absolute atomic E-state index is 0.326. The van der Waals surface area contributed by atoms with Crippen LogP contribution in [-0.4, -0.2) is 13.3 Å². The van der Waals surface area contributed by atoms with Crippen LogP contribution >= 0.6 is 15.9 Å². The lowest BCUT2D eigenvalue weighted by atomic mass is 10.0. The first-order chi connectivity index (χ1) is 7.15. The van der Waals surface area contributed by atoms with Crippen molar-refractivity contribution in [1.82, 2.24) is 0 Å². The molecule has 0 unspecified atom stereocenters. The third kappa shape index (κ3) is 3.82. The summed E-state index contributed by atoms with van der Waals surface area (Å²) in [7, 11) is 0. The van der Waals surface area contributed by atoms with Gasteiger partial charge in [-0.1, -0.05) is 29.8 Å². The number of alkyl halides is 1. The zero-order valence-corrected chi connectivity index (χ0v) is 10.7. The van der Waals surface area contributed by atoms with E-state index in [-0.39, 0.29) is 6.67 Å². The van der Waals surface area contributed by atoms with Gasteiger partial charge in [0.05, 0.1) is 13.3 Å². The van der Waals surface area contributed by atoms with E-state index in [1.165, 1.54) is 0 Å². The van der Waals surface area contributed by atoms with Crippen molar-refractivity contribution < 1.29 is 9.13 Å². The molecule has 0 spiro atoms. The van der Waals surface area contributed by atoms with Crippen LogP contribution in [0.25, 0.3) is 0 Å². The van der Waals surface area contributed by atoms with E-state index < -0.39 is 0 Å². The zero-order chi connectivity index (χ0) is 11.3. The summed E-state index contributed by atoms with van der Waals surface area (Å²) in [6.07, 6.45) is 0.452. The maximum absolute atomic E-state index is 11.9. The monoisotopic (exact) mass is 274 g/mol. The zero-order valence-electron chi connectivity index (χ0n) is 9.09. The Bertz CT molecular complexity index is 312. The van der Waals surface area contributed by atoms with E-state index in [1.54, 1.807) is 0 Å². The van der Waals surface area contributed by atoms with Gasteiger partial charge in [0.25, 0.3) is 0 Å². The van der Waals surface area contributed by atoms with E-state index >= 15 is 0 Å². The van der Waals surface area contributed by atoms with Crippen molar-refractivity contribution >= 4 is 15.9 Å². The lowest BCUT2D eigenvalue weighted by Crippen LogP contribution is -2.02. The Morgan fingerprint density at radius 3 is 2.73 bits per heavy atom. The first-order valence-corrected chi connectivity index (χ1v) is 5.92. The molecule has 0 heterocycles. The van der Waals surface area contributed by atoms with Crippen molar-refractivity contribution in [2.75, 3.05) is 13.3 Å². The van der Waals surface area contributed by atoms with Crippen LogP contribution in [0.5, 0.6) is 5.75 Å². The third-order valence-electron chi connectivity index (χ3n) is 2.13. The van der Waals surface area contributed by atoms with E-state index in [0.717, 1.165) is 15.8 Å². The van der Waals surface area contributed by atoms with Gasteiger partial charge in [0.15, 0.2) is 0 Å². The predicted octanol–water partition coefficient (Wildman–Crippen LogP) is 4.31. The Kier molecular flexibility index (Phi) is 5.09. The van der Waals surface area contributed by atoms with Crippen LogP contribution in [-0.2, 0) is 0 Å². The van der Waals surface area contributed by atoms with Crippen molar-refractivity contribution in [3.63, 3.8) is 0 Å². The molecule has 15 heavy (non-hydrogen) atoms. The SMILES string of the molecule is CC(C)c1cc(Br)ccc1OCCCF. The molecule has 0 aliphatic carbocycles. The second-order valence-electron chi connectivity index (χ2n) is 3.73. The average molecular weight is 275 g/mol. The minimum atomic E-state index is -0.326. The standard InChI is InChI=1S/C12H16BrFO/c1-9(2)11-8-10(13)4-5-12(11)15-7-3-6-14/h4-5,8-9H,3,6-7H2,1-2H3. The summed E-state index contributed by atoms with van der Waals surface area (Å²) >= 11 is 3.43. The van der Waals surface area contributed by atoms with Gasteiger partial charge in [0.2, 0.25) is 0 Å². The van der Waals surface area contributed by atoms with E-state index in [0.29, 0.717) is 18.9 Å². The molecule has 84 valence electrons. The maximum Gasteiger partial charge on any atom is 0.122 e. The average Bonchev–Trinajstić information content (AvgIpc) is 2.20. The smallest absolute Gasteiger partial charge is 0.122 e. The minimum Gasteiger partial charge on any atom is -0.493 e. The van der Waals surface area contributed by atoms with Crippen LogP contribution < -0.4 is 4.74 Å². The normalized spacial score (nSPS) is 10.7. The highest BCUT2D eigenvalue weighted by Gasteiger charge is 2.08. The molecule has 1 nitrogen and oxygen atoms in total. The molecule has 0 radical (unpaired) electrons. The summed E-state index contributed by atoms with van der Waals surface area (Å²) in [6.45, 7) is 4.35. The topological polar surface area (TPSA) is 9.23 Å². The second-order valence-corrected chi connectivity index (χ2v) is 4.64. The van der Waals surface area contributed by atoms with Gasteiger partial charge < -0.3 is 4.74 Å². The molecule has 0 aliphatic rings. The summed E-state index contributed by atoms with van der Waals surface area (Å²) in [4.78, 5) is 0.